The summed E-state index contributed by atoms with van der Waals surface area (Å²) in [4.78, 5) is 4.17. The Balaban J connectivity index is 2.45. The lowest BCUT2D eigenvalue weighted by atomic mass is 10.1. The third-order valence-electron chi connectivity index (χ3n) is 2.18. The van der Waals surface area contributed by atoms with Crippen molar-refractivity contribution in [3.05, 3.63) is 29.7 Å². The highest BCUT2D eigenvalue weighted by Crippen LogP contribution is 2.23. The van der Waals surface area contributed by atoms with E-state index >= 15 is 0 Å². The van der Waals surface area contributed by atoms with Crippen molar-refractivity contribution in [2.24, 2.45) is 0 Å². The van der Waals surface area contributed by atoms with Gasteiger partial charge in [-0.25, -0.2) is 0 Å². The third-order valence-corrected chi connectivity index (χ3v) is 2.18. The predicted octanol–water partition coefficient (Wildman–Crippen LogP) is 1.23. The maximum absolute atomic E-state index is 9.48. The van der Waals surface area contributed by atoms with Gasteiger partial charge in [0.05, 0.1) is 11.8 Å². The van der Waals surface area contributed by atoms with Crippen LogP contribution in [-0.2, 0) is 0 Å². The fourth-order valence-corrected chi connectivity index (χ4v) is 1.35. The van der Waals surface area contributed by atoms with E-state index in [4.69, 9.17) is 0 Å². The fraction of sp³-hybridized carbons (Fsp3) is 0.300. The minimum Gasteiger partial charge on any atom is -0.387 e. The second kappa shape index (κ2) is 3.78. The standard InChI is InChI=1S/C10H12N4O/c1-6-3-4-8(5-11-6)10-9(7(2)15)12-14-13-10/h3-5,7,15H,1-2H3,(H,12,13,14). The number of nitrogens with zero attached hydrogens (tertiary/aromatic N) is 3. The molecule has 2 rings (SSSR count). The predicted molar refractivity (Wildman–Crippen MR) is 55.0 cm³/mol. The molecule has 5 heteroatoms. The second-order valence-corrected chi connectivity index (χ2v) is 3.44. The lowest BCUT2D eigenvalue weighted by Gasteiger charge is -2.03. The number of aryl methyl sites for hydroxylation is 1. The van der Waals surface area contributed by atoms with Crippen LogP contribution >= 0.6 is 0 Å². The molecule has 0 radical (unpaired) electrons. The number of hydrogen-bond acceptors (Lipinski definition) is 4. The van der Waals surface area contributed by atoms with E-state index in [2.05, 4.69) is 20.4 Å². The molecule has 2 aromatic heterocycles. The van der Waals surface area contributed by atoms with Gasteiger partial charge in [0.15, 0.2) is 0 Å². The highest BCUT2D eigenvalue weighted by Gasteiger charge is 2.13. The molecule has 15 heavy (non-hydrogen) atoms. The summed E-state index contributed by atoms with van der Waals surface area (Å²) in [7, 11) is 0. The minimum atomic E-state index is -0.615. The van der Waals surface area contributed by atoms with Crippen molar-refractivity contribution < 1.29 is 5.11 Å². The fourth-order valence-electron chi connectivity index (χ4n) is 1.35. The number of aromatic nitrogens is 4. The topological polar surface area (TPSA) is 74.7 Å². The molecule has 1 unspecified atom stereocenters. The summed E-state index contributed by atoms with van der Waals surface area (Å²) in [6, 6.07) is 3.81. The summed E-state index contributed by atoms with van der Waals surface area (Å²) < 4.78 is 0. The van der Waals surface area contributed by atoms with Crippen molar-refractivity contribution in [3.63, 3.8) is 0 Å². The molecule has 2 N–H and O–H groups in total. The maximum atomic E-state index is 9.48. The SMILES string of the molecule is Cc1ccc(-c2nn[nH]c2C(C)O)cn1. The molecule has 0 spiro atoms. The Morgan fingerprint density at radius 3 is 2.80 bits per heavy atom. The molecule has 0 aliphatic carbocycles. The van der Waals surface area contributed by atoms with Crippen LogP contribution in [0.25, 0.3) is 11.3 Å². The molecule has 2 heterocycles. The van der Waals surface area contributed by atoms with Gasteiger partial charge in [0.25, 0.3) is 0 Å². The van der Waals surface area contributed by atoms with Gasteiger partial charge in [-0.05, 0) is 26.0 Å². The molecule has 0 aliphatic rings. The number of rotatable bonds is 2. The first-order chi connectivity index (χ1) is 7.18. The first-order valence-electron chi connectivity index (χ1n) is 4.70. The quantitative estimate of drug-likeness (QED) is 0.771. The Hall–Kier alpha value is -1.75. The van der Waals surface area contributed by atoms with Crippen molar-refractivity contribution in [2.45, 2.75) is 20.0 Å². The van der Waals surface area contributed by atoms with Crippen molar-refractivity contribution in [3.8, 4) is 11.3 Å². The smallest absolute Gasteiger partial charge is 0.120 e. The van der Waals surface area contributed by atoms with Gasteiger partial charge in [-0.15, -0.1) is 5.10 Å². The number of pyridine rings is 1. The zero-order valence-electron chi connectivity index (χ0n) is 8.60. The molecule has 0 aliphatic heterocycles. The van der Waals surface area contributed by atoms with E-state index in [0.29, 0.717) is 11.4 Å². The molecular weight excluding hydrogens is 192 g/mol. The molecule has 0 saturated heterocycles. The van der Waals surface area contributed by atoms with E-state index in [-0.39, 0.29) is 0 Å². The van der Waals surface area contributed by atoms with Gasteiger partial charge >= 0.3 is 0 Å². The van der Waals surface area contributed by atoms with Gasteiger partial charge in [0, 0.05) is 17.5 Å². The first kappa shape index (κ1) is 9.79. The molecule has 2 aromatic rings. The Morgan fingerprint density at radius 2 is 2.20 bits per heavy atom. The lowest BCUT2D eigenvalue weighted by molar-refractivity contribution is 0.195. The second-order valence-electron chi connectivity index (χ2n) is 3.44. The number of nitrogens with one attached hydrogen (secondary N) is 1. The lowest BCUT2D eigenvalue weighted by Crippen LogP contribution is -1.95. The van der Waals surface area contributed by atoms with Gasteiger partial charge in [-0.2, -0.15) is 0 Å². The average Bonchev–Trinajstić information content (AvgIpc) is 2.67. The molecule has 0 bridgehead atoms. The molecule has 0 amide bonds. The van der Waals surface area contributed by atoms with Gasteiger partial charge in [0.1, 0.15) is 5.69 Å². The van der Waals surface area contributed by atoms with Crippen LogP contribution in [0.3, 0.4) is 0 Å². The van der Waals surface area contributed by atoms with Crippen LogP contribution in [0, 0.1) is 6.92 Å². The molecule has 0 aromatic carbocycles. The zero-order chi connectivity index (χ0) is 10.8. The van der Waals surface area contributed by atoms with Crippen LogP contribution in [0.2, 0.25) is 0 Å². The number of aromatic amines is 1. The van der Waals surface area contributed by atoms with Gasteiger partial charge in [-0.3, -0.25) is 10.1 Å². The molecule has 1 atom stereocenters. The Morgan fingerprint density at radius 1 is 1.40 bits per heavy atom. The Kier molecular flexibility index (Phi) is 2.47. The normalized spacial score (nSPS) is 12.7. The summed E-state index contributed by atoms with van der Waals surface area (Å²) in [6.45, 7) is 3.59. The van der Waals surface area contributed by atoms with Crippen LogP contribution in [0.5, 0.6) is 0 Å². The summed E-state index contributed by atoms with van der Waals surface area (Å²) >= 11 is 0. The van der Waals surface area contributed by atoms with E-state index in [1.807, 2.05) is 19.1 Å². The van der Waals surface area contributed by atoms with E-state index in [0.717, 1.165) is 11.3 Å². The summed E-state index contributed by atoms with van der Waals surface area (Å²) in [5.74, 6) is 0. The molecule has 0 fully saturated rings. The largest absolute Gasteiger partial charge is 0.387 e. The van der Waals surface area contributed by atoms with Crippen LogP contribution in [0.1, 0.15) is 24.4 Å². The van der Waals surface area contributed by atoms with Gasteiger partial charge in [-0.1, -0.05) is 5.21 Å². The van der Waals surface area contributed by atoms with Crippen molar-refractivity contribution in [1.82, 2.24) is 20.4 Å². The van der Waals surface area contributed by atoms with Crippen LogP contribution in [0.4, 0.5) is 0 Å². The summed E-state index contributed by atoms with van der Waals surface area (Å²) in [6.07, 6.45) is 1.11. The van der Waals surface area contributed by atoms with Crippen LogP contribution < -0.4 is 0 Å². The van der Waals surface area contributed by atoms with E-state index in [9.17, 15) is 5.11 Å². The highest BCUT2D eigenvalue weighted by molar-refractivity contribution is 5.60. The monoisotopic (exact) mass is 204 g/mol. The Labute approximate surface area is 87.2 Å². The summed E-state index contributed by atoms with van der Waals surface area (Å²) in [5, 5.41) is 19.8. The highest BCUT2D eigenvalue weighted by atomic mass is 16.3. The Bertz CT molecular complexity index is 447. The van der Waals surface area contributed by atoms with E-state index < -0.39 is 6.10 Å². The maximum Gasteiger partial charge on any atom is 0.120 e. The van der Waals surface area contributed by atoms with Gasteiger partial charge in [0.2, 0.25) is 0 Å². The number of aliphatic hydroxyl groups excluding tert-OH is 1. The first-order valence-corrected chi connectivity index (χ1v) is 4.70. The molecular formula is C10H12N4O. The number of aliphatic hydroxyl groups is 1. The van der Waals surface area contributed by atoms with E-state index in [1.165, 1.54) is 0 Å². The summed E-state index contributed by atoms with van der Waals surface area (Å²) in [5.41, 5.74) is 3.06. The number of hydrogen-bond donors (Lipinski definition) is 2. The molecule has 78 valence electrons. The third kappa shape index (κ3) is 1.87. The van der Waals surface area contributed by atoms with Crippen LogP contribution in [0.15, 0.2) is 18.3 Å². The van der Waals surface area contributed by atoms with Crippen molar-refractivity contribution in [1.29, 1.82) is 0 Å². The molecule has 0 saturated carbocycles. The van der Waals surface area contributed by atoms with Gasteiger partial charge < -0.3 is 5.11 Å². The zero-order valence-corrected chi connectivity index (χ0v) is 8.60. The van der Waals surface area contributed by atoms with Crippen LogP contribution in [-0.4, -0.2) is 25.5 Å². The van der Waals surface area contributed by atoms with Crippen molar-refractivity contribution >= 4 is 0 Å². The minimum absolute atomic E-state index is 0.612. The van der Waals surface area contributed by atoms with E-state index in [1.54, 1.807) is 13.1 Å². The average molecular weight is 204 g/mol. The van der Waals surface area contributed by atoms with Crippen molar-refractivity contribution in [2.75, 3.05) is 0 Å². The molecule has 5 nitrogen and oxygen atoms in total. The number of H-pyrrole nitrogens is 1.